The molecule has 0 aliphatic carbocycles. The molecule has 0 atom stereocenters. The van der Waals surface area contributed by atoms with Crippen LogP contribution in [0.15, 0.2) is 30.6 Å². The normalized spacial score (nSPS) is 10.4. The van der Waals surface area contributed by atoms with Crippen LogP contribution < -0.4 is 5.73 Å². The van der Waals surface area contributed by atoms with Crippen molar-refractivity contribution in [3.8, 4) is 0 Å². The number of aromatic nitrogens is 3. The van der Waals surface area contributed by atoms with Crippen molar-refractivity contribution in [3.63, 3.8) is 0 Å². The van der Waals surface area contributed by atoms with Crippen molar-refractivity contribution in [3.05, 3.63) is 53.4 Å². The van der Waals surface area contributed by atoms with Gasteiger partial charge in [0.15, 0.2) is 0 Å². The standard InChI is InChI=1S/C12H14N4/c1-9-6-11(8-13)16-12(15-9)7-10-2-4-14-5-3-10/h2-6H,7-8,13H2,1H3. The Labute approximate surface area is 94.6 Å². The van der Waals surface area contributed by atoms with E-state index in [1.54, 1.807) is 12.4 Å². The van der Waals surface area contributed by atoms with Gasteiger partial charge in [-0.2, -0.15) is 0 Å². The molecule has 0 bridgehead atoms. The molecular weight excluding hydrogens is 200 g/mol. The summed E-state index contributed by atoms with van der Waals surface area (Å²) in [5, 5.41) is 0. The molecule has 0 saturated heterocycles. The Bertz CT molecular complexity index is 468. The Morgan fingerprint density at radius 3 is 2.62 bits per heavy atom. The smallest absolute Gasteiger partial charge is 0.133 e. The third kappa shape index (κ3) is 2.61. The monoisotopic (exact) mass is 214 g/mol. The van der Waals surface area contributed by atoms with Crippen LogP contribution in [-0.2, 0) is 13.0 Å². The van der Waals surface area contributed by atoms with Gasteiger partial charge in [0.05, 0.1) is 5.69 Å². The van der Waals surface area contributed by atoms with Gasteiger partial charge < -0.3 is 5.73 Å². The van der Waals surface area contributed by atoms with Crippen LogP contribution in [0.5, 0.6) is 0 Å². The molecule has 0 fully saturated rings. The largest absolute Gasteiger partial charge is 0.325 e. The Morgan fingerprint density at radius 1 is 1.19 bits per heavy atom. The fourth-order valence-electron chi connectivity index (χ4n) is 1.57. The lowest BCUT2D eigenvalue weighted by Gasteiger charge is -2.04. The Balaban J connectivity index is 2.24. The molecule has 2 aromatic heterocycles. The van der Waals surface area contributed by atoms with Crippen LogP contribution in [0, 0.1) is 6.92 Å². The van der Waals surface area contributed by atoms with Crippen molar-refractivity contribution in [2.24, 2.45) is 5.73 Å². The molecule has 0 aliphatic heterocycles. The van der Waals surface area contributed by atoms with E-state index >= 15 is 0 Å². The predicted octanol–water partition coefficient (Wildman–Crippen LogP) is 1.23. The lowest BCUT2D eigenvalue weighted by molar-refractivity contribution is 0.873. The van der Waals surface area contributed by atoms with Gasteiger partial charge >= 0.3 is 0 Å². The highest BCUT2D eigenvalue weighted by Crippen LogP contribution is 2.06. The minimum absolute atomic E-state index is 0.451. The fourth-order valence-corrected chi connectivity index (χ4v) is 1.57. The van der Waals surface area contributed by atoms with Gasteiger partial charge in [0, 0.05) is 31.1 Å². The second-order valence-corrected chi connectivity index (χ2v) is 3.65. The van der Waals surface area contributed by atoms with Gasteiger partial charge in [0.25, 0.3) is 0 Å². The first-order valence-corrected chi connectivity index (χ1v) is 5.20. The van der Waals surface area contributed by atoms with Crippen LogP contribution in [0.3, 0.4) is 0 Å². The highest BCUT2D eigenvalue weighted by atomic mass is 14.9. The molecule has 0 aliphatic rings. The molecule has 0 radical (unpaired) electrons. The Kier molecular flexibility index (Phi) is 3.22. The van der Waals surface area contributed by atoms with Crippen LogP contribution >= 0.6 is 0 Å². The molecule has 2 N–H and O–H groups in total. The Morgan fingerprint density at radius 2 is 1.94 bits per heavy atom. The molecule has 0 aromatic carbocycles. The highest BCUT2D eigenvalue weighted by molar-refractivity contribution is 5.18. The van der Waals surface area contributed by atoms with E-state index in [2.05, 4.69) is 15.0 Å². The number of pyridine rings is 1. The van der Waals surface area contributed by atoms with E-state index in [1.165, 1.54) is 0 Å². The molecule has 2 aromatic rings. The lowest BCUT2D eigenvalue weighted by Crippen LogP contribution is -2.06. The number of nitrogens with zero attached hydrogens (tertiary/aromatic N) is 3. The molecule has 4 nitrogen and oxygen atoms in total. The fraction of sp³-hybridized carbons (Fsp3) is 0.250. The second-order valence-electron chi connectivity index (χ2n) is 3.65. The minimum Gasteiger partial charge on any atom is -0.325 e. The topological polar surface area (TPSA) is 64.7 Å². The van der Waals surface area contributed by atoms with Crippen LogP contribution in [0.4, 0.5) is 0 Å². The number of rotatable bonds is 3. The van der Waals surface area contributed by atoms with Gasteiger partial charge in [0.1, 0.15) is 5.82 Å². The van der Waals surface area contributed by atoms with Crippen molar-refractivity contribution < 1.29 is 0 Å². The van der Waals surface area contributed by atoms with Crippen molar-refractivity contribution >= 4 is 0 Å². The van der Waals surface area contributed by atoms with E-state index in [1.807, 2.05) is 25.1 Å². The number of aryl methyl sites for hydroxylation is 1. The van der Waals surface area contributed by atoms with Crippen LogP contribution in [0.25, 0.3) is 0 Å². The molecule has 82 valence electrons. The number of hydrogen-bond donors (Lipinski definition) is 1. The van der Waals surface area contributed by atoms with Crippen molar-refractivity contribution in [2.75, 3.05) is 0 Å². The molecular formula is C12H14N4. The molecule has 16 heavy (non-hydrogen) atoms. The zero-order chi connectivity index (χ0) is 11.4. The quantitative estimate of drug-likeness (QED) is 0.834. The summed E-state index contributed by atoms with van der Waals surface area (Å²) in [6, 6.07) is 5.84. The van der Waals surface area contributed by atoms with E-state index in [9.17, 15) is 0 Å². The zero-order valence-corrected chi connectivity index (χ0v) is 9.22. The predicted molar refractivity (Wildman–Crippen MR) is 61.7 cm³/mol. The van der Waals surface area contributed by atoms with E-state index in [-0.39, 0.29) is 0 Å². The number of hydrogen-bond acceptors (Lipinski definition) is 4. The second kappa shape index (κ2) is 4.81. The summed E-state index contributed by atoms with van der Waals surface area (Å²) in [6.07, 6.45) is 4.27. The first-order valence-electron chi connectivity index (χ1n) is 5.20. The molecule has 0 spiro atoms. The summed E-state index contributed by atoms with van der Waals surface area (Å²) >= 11 is 0. The average Bonchev–Trinajstić information content (AvgIpc) is 2.29. The average molecular weight is 214 g/mol. The first-order chi connectivity index (χ1) is 7.78. The molecule has 4 heteroatoms. The summed E-state index contributed by atoms with van der Waals surface area (Å²) in [6.45, 7) is 2.41. The van der Waals surface area contributed by atoms with Gasteiger partial charge in [-0.25, -0.2) is 9.97 Å². The maximum absolute atomic E-state index is 5.58. The van der Waals surface area contributed by atoms with Crippen molar-refractivity contribution in [1.82, 2.24) is 15.0 Å². The van der Waals surface area contributed by atoms with Gasteiger partial charge in [-0.1, -0.05) is 0 Å². The molecule has 2 heterocycles. The van der Waals surface area contributed by atoms with Gasteiger partial charge in [-0.3, -0.25) is 4.98 Å². The maximum Gasteiger partial charge on any atom is 0.133 e. The van der Waals surface area contributed by atoms with Gasteiger partial charge in [-0.05, 0) is 30.7 Å². The molecule has 0 saturated carbocycles. The molecule has 2 rings (SSSR count). The van der Waals surface area contributed by atoms with E-state index in [4.69, 9.17) is 5.73 Å². The molecule has 0 amide bonds. The summed E-state index contributed by atoms with van der Waals surface area (Å²) in [4.78, 5) is 12.8. The summed E-state index contributed by atoms with van der Waals surface area (Å²) in [5.41, 5.74) is 8.58. The van der Waals surface area contributed by atoms with Crippen LogP contribution in [-0.4, -0.2) is 15.0 Å². The van der Waals surface area contributed by atoms with Crippen LogP contribution in [0.1, 0.15) is 22.8 Å². The lowest BCUT2D eigenvalue weighted by atomic mass is 10.2. The highest BCUT2D eigenvalue weighted by Gasteiger charge is 2.02. The number of nitrogens with two attached hydrogens (primary N) is 1. The van der Waals surface area contributed by atoms with Crippen molar-refractivity contribution in [1.29, 1.82) is 0 Å². The van der Waals surface area contributed by atoms with E-state index in [0.717, 1.165) is 29.2 Å². The Hall–Kier alpha value is -1.81. The van der Waals surface area contributed by atoms with Crippen LogP contribution in [0.2, 0.25) is 0 Å². The van der Waals surface area contributed by atoms with Gasteiger partial charge in [0.2, 0.25) is 0 Å². The van der Waals surface area contributed by atoms with Gasteiger partial charge in [-0.15, -0.1) is 0 Å². The minimum atomic E-state index is 0.451. The zero-order valence-electron chi connectivity index (χ0n) is 9.22. The first kappa shape index (κ1) is 10.7. The summed E-state index contributed by atoms with van der Waals surface area (Å²) < 4.78 is 0. The van der Waals surface area contributed by atoms with E-state index < -0.39 is 0 Å². The van der Waals surface area contributed by atoms with E-state index in [0.29, 0.717) is 6.54 Å². The third-order valence-electron chi connectivity index (χ3n) is 2.27. The SMILES string of the molecule is Cc1cc(CN)nc(Cc2ccncc2)n1. The summed E-state index contributed by atoms with van der Waals surface area (Å²) in [5.74, 6) is 0.812. The third-order valence-corrected chi connectivity index (χ3v) is 2.27. The molecule has 0 unspecified atom stereocenters. The van der Waals surface area contributed by atoms with Crippen molar-refractivity contribution in [2.45, 2.75) is 19.9 Å². The maximum atomic E-state index is 5.58. The summed E-state index contributed by atoms with van der Waals surface area (Å²) in [7, 11) is 0.